The van der Waals surface area contributed by atoms with Crippen LogP contribution in [0.15, 0.2) is 53.0 Å². The van der Waals surface area contributed by atoms with Crippen LogP contribution in [-0.2, 0) is 20.7 Å². The van der Waals surface area contributed by atoms with Gasteiger partial charge in [-0.1, -0.05) is 46.3 Å². The van der Waals surface area contributed by atoms with Crippen LogP contribution in [0.1, 0.15) is 17.5 Å². The highest BCUT2D eigenvalue weighted by molar-refractivity contribution is 9.10. The molecule has 23 heavy (non-hydrogen) atoms. The molecule has 0 atom stereocenters. The third kappa shape index (κ3) is 5.87. The lowest BCUT2D eigenvalue weighted by Crippen LogP contribution is -2.21. The zero-order chi connectivity index (χ0) is 16.7. The summed E-state index contributed by atoms with van der Waals surface area (Å²) in [6.07, 6.45) is 0.863. The van der Waals surface area contributed by atoms with Crippen molar-refractivity contribution in [1.82, 2.24) is 0 Å². The normalized spacial score (nSPS) is 10.2. The quantitative estimate of drug-likeness (QED) is 0.779. The van der Waals surface area contributed by atoms with Gasteiger partial charge in [-0.05, 0) is 42.7 Å². The Morgan fingerprint density at radius 1 is 1.13 bits per heavy atom. The van der Waals surface area contributed by atoms with Gasteiger partial charge in [-0.15, -0.1) is 0 Å². The number of esters is 1. The van der Waals surface area contributed by atoms with Gasteiger partial charge < -0.3 is 10.1 Å². The van der Waals surface area contributed by atoms with E-state index in [1.54, 1.807) is 6.07 Å². The number of carbonyl (C=O) groups excluding carboxylic acids is 2. The highest BCUT2D eigenvalue weighted by atomic mass is 79.9. The number of benzene rings is 2. The van der Waals surface area contributed by atoms with Gasteiger partial charge in [0.25, 0.3) is 5.91 Å². The van der Waals surface area contributed by atoms with E-state index in [-0.39, 0.29) is 24.9 Å². The van der Waals surface area contributed by atoms with Crippen LogP contribution in [0, 0.1) is 6.92 Å². The zero-order valence-corrected chi connectivity index (χ0v) is 14.4. The van der Waals surface area contributed by atoms with E-state index in [0.29, 0.717) is 12.1 Å². The number of rotatable bonds is 6. The Labute approximate surface area is 144 Å². The first kappa shape index (κ1) is 17.2. The van der Waals surface area contributed by atoms with Crippen LogP contribution in [0.25, 0.3) is 0 Å². The largest absolute Gasteiger partial charge is 0.456 e. The van der Waals surface area contributed by atoms with Crippen LogP contribution in [0.5, 0.6) is 0 Å². The summed E-state index contributed by atoms with van der Waals surface area (Å²) in [5, 5.41) is 2.73. The van der Waals surface area contributed by atoms with Crippen molar-refractivity contribution in [2.45, 2.75) is 19.8 Å². The van der Waals surface area contributed by atoms with E-state index in [1.807, 2.05) is 49.4 Å². The molecule has 0 aliphatic carbocycles. The van der Waals surface area contributed by atoms with Crippen molar-refractivity contribution >= 4 is 33.5 Å². The number of hydrogen-bond donors (Lipinski definition) is 1. The number of halogens is 1. The lowest BCUT2D eigenvalue weighted by Gasteiger charge is -2.09. The van der Waals surface area contributed by atoms with Gasteiger partial charge in [0.1, 0.15) is 0 Å². The van der Waals surface area contributed by atoms with E-state index in [1.165, 1.54) is 0 Å². The highest BCUT2D eigenvalue weighted by Crippen LogP contribution is 2.19. The fourth-order valence-corrected chi connectivity index (χ4v) is 2.54. The average molecular weight is 376 g/mol. The number of nitrogens with one attached hydrogen (secondary N) is 1. The monoisotopic (exact) mass is 375 g/mol. The smallest absolute Gasteiger partial charge is 0.306 e. The topological polar surface area (TPSA) is 55.4 Å². The molecule has 2 aromatic carbocycles. The maximum absolute atomic E-state index is 11.8. The molecule has 1 N–H and O–H groups in total. The van der Waals surface area contributed by atoms with Gasteiger partial charge in [-0.3, -0.25) is 9.59 Å². The van der Waals surface area contributed by atoms with Crippen molar-refractivity contribution in [3.63, 3.8) is 0 Å². The third-order valence-electron chi connectivity index (χ3n) is 3.29. The minimum Gasteiger partial charge on any atom is -0.456 e. The van der Waals surface area contributed by atoms with Crippen LogP contribution < -0.4 is 5.32 Å². The molecular formula is C18H18BrNO3. The van der Waals surface area contributed by atoms with Gasteiger partial charge in [-0.2, -0.15) is 0 Å². The van der Waals surface area contributed by atoms with Crippen molar-refractivity contribution in [2.24, 2.45) is 0 Å². The molecule has 4 nitrogen and oxygen atoms in total. The predicted molar refractivity (Wildman–Crippen MR) is 93.2 cm³/mol. The molecule has 0 unspecified atom stereocenters. The molecule has 0 aliphatic heterocycles. The molecule has 0 fully saturated rings. The number of ether oxygens (including phenoxy) is 1. The summed E-state index contributed by atoms with van der Waals surface area (Å²) in [6, 6.07) is 15.2. The van der Waals surface area contributed by atoms with Crippen LogP contribution in [0.2, 0.25) is 0 Å². The summed E-state index contributed by atoms with van der Waals surface area (Å²) >= 11 is 3.37. The summed E-state index contributed by atoms with van der Waals surface area (Å²) in [5.74, 6) is -0.722. The Hall–Kier alpha value is -2.14. The number of hydrogen-bond acceptors (Lipinski definition) is 3. The fraction of sp³-hybridized carbons (Fsp3) is 0.222. The maximum atomic E-state index is 11.8. The minimum atomic E-state index is -0.378. The molecule has 0 saturated carbocycles. The van der Waals surface area contributed by atoms with Gasteiger partial charge >= 0.3 is 5.97 Å². The molecule has 0 spiro atoms. The Balaban J connectivity index is 1.74. The molecule has 0 saturated heterocycles. The summed E-state index contributed by atoms with van der Waals surface area (Å²) in [7, 11) is 0. The van der Waals surface area contributed by atoms with Crippen LogP contribution in [0.3, 0.4) is 0 Å². The van der Waals surface area contributed by atoms with Crippen LogP contribution in [-0.4, -0.2) is 18.5 Å². The average Bonchev–Trinajstić information content (AvgIpc) is 2.54. The first-order chi connectivity index (χ1) is 11.0. The van der Waals surface area contributed by atoms with Crippen molar-refractivity contribution < 1.29 is 14.3 Å². The summed E-state index contributed by atoms with van der Waals surface area (Å²) < 4.78 is 5.95. The van der Waals surface area contributed by atoms with Crippen molar-refractivity contribution in [1.29, 1.82) is 0 Å². The first-order valence-corrected chi connectivity index (χ1v) is 8.09. The van der Waals surface area contributed by atoms with Crippen molar-refractivity contribution in [3.8, 4) is 0 Å². The predicted octanol–water partition coefficient (Wildman–Crippen LogP) is 3.87. The summed E-state index contributed by atoms with van der Waals surface area (Å²) in [6.45, 7) is 1.62. The number of aryl methyl sites for hydroxylation is 2. The van der Waals surface area contributed by atoms with Gasteiger partial charge in [0.2, 0.25) is 0 Å². The van der Waals surface area contributed by atoms with Gasteiger partial charge in [0.05, 0.1) is 0 Å². The van der Waals surface area contributed by atoms with E-state index in [0.717, 1.165) is 15.6 Å². The number of anilines is 1. The second-order valence-corrected chi connectivity index (χ2v) is 6.07. The molecule has 2 aromatic rings. The molecular weight excluding hydrogens is 358 g/mol. The number of amides is 1. The van der Waals surface area contributed by atoms with Crippen LogP contribution >= 0.6 is 15.9 Å². The lowest BCUT2D eigenvalue weighted by molar-refractivity contribution is -0.147. The zero-order valence-electron chi connectivity index (χ0n) is 12.8. The molecule has 0 bridgehead atoms. The first-order valence-electron chi connectivity index (χ1n) is 7.30. The van der Waals surface area contributed by atoms with E-state index >= 15 is 0 Å². The molecule has 2 rings (SSSR count). The Bertz CT molecular complexity index is 686. The fourth-order valence-electron chi connectivity index (χ4n) is 2.06. The SMILES string of the molecule is Cc1cc(Br)ccc1NC(=O)COC(=O)CCc1ccccc1. The van der Waals surface area contributed by atoms with E-state index in [4.69, 9.17) is 4.74 Å². The molecule has 5 heteroatoms. The van der Waals surface area contributed by atoms with E-state index < -0.39 is 0 Å². The Kier molecular flexibility index (Phi) is 6.35. The highest BCUT2D eigenvalue weighted by Gasteiger charge is 2.09. The van der Waals surface area contributed by atoms with Crippen molar-refractivity contribution in [3.05, 3.63) is 64.1 Å². The second-order valence-electron chi connectivity index (χ2n) is 5.15. The van der Waals surface area contributed by atoms with Gasteiger partial charge in [0, 0.05) is 16.6 Å². The molecule has 0 radical (unpaired) electrons. The van der Waals surface area contributed by atoms with E-state index in [9.17, 15) is 9.59 Å². The lowest BCUT2D eigenvalue weighted by atomic mass is 10.1. The number of carbonyl (C=O) groups is 2. The van der Waals surface area contributed by atoms with Crippen molar-refractivity contribution in [2.75, 3.05) is 11.9 Å². The molecule has 0 aromatic heterocycles. The summed E-state index contributed by atoms with van der Waals surface area (Å²) in [5.41, 5.74) is 2.71. The Morgan fingerprint density at radius 3 is 2.57 bits per heavy atom. The third-order valence-corrected chi connectivity index (χ3v) is 3.78. The molecule has 120 valence electrons. The van der Waals surface area contributed by atoms with Gasteiger partial charge in [0.15, 0.2) is 6.61 Å². The second kappa shape index (κ2) is 8.48. The van der Waals surface area contributed by atoms with Gasteiger partial charge in [-0.25, -0.2) is 0 Å². The molecule has 0 aliphatic rings. The van der Waals surface area contributed by atoms with E-state index in [2.05, 4.69) is 21.2 Å². The minimum absolute atomic E-state index is 0.259. The molecule has 0 heterocycles. The summed E-state index contributed by atoms with van der Waals surface area (Å²) in [4.78, 5) is 23.5. The standard InChI is InChI=1S/C18H18BrNO3/c1-13-11-15(19)8-9-16(13)20-17(21)12-23-18(22)10-7-14-5-3-2-4-6-14/h2-6,8-9,11H,7,10,12H2,1H3,(H,20,21). The Morgan fingerprint density at radius 2 is 1.87 bits per heavy atom. The maximum Gasteiger partial charge on any atom is 0.306 e. The molecule has 1 amide bonds. The van der Waals surface area contributed by atoms with Crippen LogP contribution in [0.4, 0.5) is 5.69 Å².